The Labute approximate surface area is 163 Å². The van der Waals surface area contributed by atoms with Gasteiger partial charge in [0.15, 0.2) is 0 Å². The normalized spacial score (nSPS) is 14.2. The average Bonchev–Trinajstić information content (AvgIpc) is 3.04. The summed E-state index contributed by atoms with van der Waals surface area (Å²) in [7, 11) is 0. The lowest BCUT2D eigenvalue weighted by Crippen LogP contribution is -2.21. The van der Waals surface area contributed by atoms with E-state index in [1.807, 2.05) is 38.1 Å². The van der Waals surface area contributed by atoms with Crippen molar-refractivity contribution in [2.45, 2.75) is 46.0 Å². The number of aliphatic imine (C=N–C) groups is 1. The summed E-state index contributed by atoms with van der Waals surface area (Å²) in [5.41, 5.74) is 3.75. The number of nitrogens with one attached hydrogen (secondary N) is 2. The molecule has 0 saturated carbocycles. The van der Waals surface area contributed by atoms with Crippen LogP contribution in [0.3, 0.4) is 0 Å². The Hall–Kier alpha value is -1.76. The summed E-state index contributed by atoms with van der Waals surface area (Å²) < 4.78 is 12.9. The lowest BCUT2D eigenvalue weighted by molar-refractivity contribution is -0.0583. The van der Waals surface area contributed by atoms with Crippen LogP contribution >= 0.6 is 15.9 Å². The van der Waals surface area contributed by atoms with Gasteiger partial charge in [0.1, 0.15) is 6.34 Å². The molecule has 0 fully saturated rings. The highest BCUT2D eigenvalue weighted by molar-refractivity contribution is 9.10. The summed E-state index contributed by atoms with van der Waals surface area (Å²) in [6.07, 6.45) is 1.84. The number of H-pyrrole nitrogens is 1. The summed E-state index contributed by atoms with van der Waals surface area (Å²) in [6, 6.07) is 12.1. The van der Waals surface area contributed by atoms with E-state index in [0.717, 1.165) is 39.9 Å². The van der Waals surface area contributed by atoms with Gasteiger partial charge in [-0.2, -0.15) is 0 Å². The van der Waals surface area contributed by atoms with Gasteiger partial charge in [0.25, 0.3) is 0 Å². The van der Waals surface area contributed by atoms with Crippen molar-refractivity contribution < 1.29 is 9.47 Å². The molecule has 1 aromatic carbocycles. The third-order valence-corrected chi connectivity index (χ3v) is 4.74. The first-order chi connectivity index (χ1) is 12.5. The van der Waals surface area contributed by atoms with Crippen molar-refractivity contribution in [3.63, 3.8) is 0 Å². The van der Waals surface area contributed by atoms with E-state index >= 15 is 0 Å². The van der Waals surface area contributed by atoms with Gasteiger partial charge in [0.05, 0.1) is 36.8 Å². The first kappa shape index (κ1) is 20.6. The fourth-order valence-corrected chi connectivity index (χ4v) is 3.22. The predicted octanol–water partition coefficient (Wildman–Crippen LogP) is 5.27. The van der Waals surface area contributed by atoms with E-state index in [1.165, 1.54) is 0 Å². The Morgan fingerprint density at radius 1 is 1.35 bits per heavy atom. The van der Waals surface area contributed by atoms with E-state index in [-0.39, 0.29) is 12.2 Å². The van der Waals surface area contributed by atoms with Crippen LogP contribution in [0.4, 0.5) is 0 Å². The molecule has 2 rings (SSSR count). The number of aromatic nitrogens is 1. The van der Waals surface area contributed by atoms with Crippen LogP contribution in [-0.4, -0.2) is 29.7 Å². The van der Waals surface area contributed by atoms with E-state index in [4.69, 9.17) is 14.9 Å². The van der Waals surface area contributed by atoms with Crippen molar-refractivity contribution >= 4 is 28.0 Å². The molecule has 2 aromatic rings. The number of hydrogen-bond acceptors (Lipinski definition) is 3. The van der Waals surface area contributed by atoms with Crippen molar-refractivity contribution in [3.05, 3.63) is 57.8 Å². The molecule has 0 amide bonds. The highest BCUT2D eigenvalue weighted by Gasteiger charge is 2.17. The van der Waals surface area contributed by atoms with Crippen molar-refractivity contribution in [3.8, 4) is 0 Å². The number of hydrogen-bond donors (Lipinski definition) is 2. The van der Waals surface area contributed by atoms with Crippen molar-refractivity contribution in [1.29, 1.82) is 5.41 Å². The van der Waals surface area contributed by atoms with Crippen LogP contribution < -0.4 is 0 Å². The second-order valence-corrected chi connectivity index (χ2v) is 6.95. The Morgan fingerprint density at radius 2 is 2.08 bits per heavy atom. The summed E-state index contributed by atoms with van der Waals surface area (Å²) >= 11 is 3.54. The van der Waals surface area contributed by atoms with Gasteiger partial charge in [0, 0.05) is 10.2 Å². The monoisotopic (exact) mass is 419 g/mol. The number of ether oxygens (including phenoxy) is 2. The van der Waals surface area contributed by atoms with Crippen molar-refractivity contribution in [1.82, 2.24) is 4.98 Å². The molecular formula is C20H26BrN3O2. The second kappa shape index (κ2) is 10.4. The largest absolute Gasteiger partial charge is 0.374 e. The minimum atomic E-state index is -0.0990. The van der Waals surface area contributed by atoms with E-state index in [1.54, 1.807) is 0 Å². The fourth-order valence-electron chi connectivity index (χ4n) is 2.59. The highest BCUT2D eigenvalue weighted by Crippen LogP contribution is 2.26. The standard InChI is InChI=1S/C20H26BrN3O2/c1-4-17(12-25-11-16-8-6-5-7-9-16)26-15(3)19-10-18(21)20(24-19)14(2)23-13-22/h5-10,13,15,17,22,24H,4,11-12H2,1-3H3. The number of rotatable bonds is 10. The minimum absolute atomic E-state index is 0.0237. The van der Waals surface area contributed by atoms with Gasteiger partial charge in [-0.15, -0.1) is 0 Å². The smallest absolute Gasteiger partial charge is 0.107 e. The maximum Gasteiger partial charge on any atom is 0.107 e. The third-order valence-electron chi connectivity index (χ3n) is 4.12. The van der Waals surface area contributed by atoms with Gasteiger partial charge in [0.2, 0.25) is 0 Å². The molecule has 0 bridgehead atoms. The Kier molecular flexibility index (Phi) is 8.22. The lowest BCUT2D eigenvalue weighted by atomic mass is 10.2. The maximum absolute atomic E-state index is 7.11. The van der Waals surface area contributed by atoms with Crippen LogP contribution in [0.5, 0.6) is 0 Å². The SMILES string of the molecule is CCC(COCc1ccccc1)OC(C)c1cc(Br)c(C(C)=NC=N)[nH]1. The van der Waals surface area contributed by atoms with Crippen LogP contribution in [0.15, 0.2) is 45.9 Å². The molecule has 0 saturated heterocycles. The van der Waals surface area contributed by atoms with Gasteiger partial charge < -0.3 is 14.5 Å². The summed E-state index contributed by atoms with van der Waals surface area (Å²) in [5.74, 6) is 0. The molecule has 1 heterocycles. The fraction of sp³-hybridized carbons (Fsp3) is 0.400. The van der Waals surface area contributed by atoms with Crippen LogP contribution in [0.25, 0.3) is 0 Å². The molecule has 0 aliphatic heterocycles. The van der Waals surface area contributed by atoms with Crippen molar-refractivity contribution in [2.75, 3.05) is 6.61 Å². The van der Waals surface area contributed by atoms with Crippen LogP contribution in [0.1, 0.15) is 50.2 Å². The predicted molar refractivity (Wildman–Crippen MR) is 109 cm³/mol. The number of nitrogens with zero attached hydrogens (tertiary/aromatic N) is 1. The minimum Gasteiger partial charge on any atom is -0.374 e. The van der Waals surface area contributed by atoms with Gasteiger partial charge in [-0.1, -0.05) is 37.3 Å². The molecule has 0 spiro atoms. The quantitative estimate of drug-likeness (QED) is 0.406. The van der Waals surface area contributed by atoms with Crippen LogP contribution in [0.2, 0.25) is 0 Å². The molecule has 2 atom stereocenters. The summed E-state index contributed by atoms with van der Waals surface area (Å²) in [6.45, 7) is 7.12. The summed E-state index contributed by atoms with van der Waals surface area (Å²) in [4.78, 5) is 7.34. The highest BCUT2D eigenvalue weighted by atomic mass is 79.9. The molecule has 6 heteroatoms. The molecule has 5 nitrogen and oxygen atoms in total. The molecule has 0 radical (unpaired) electrons. The molecule has 140 valence electrons. The van der Waals surface area contributed by atoms with E-state index in [0.29, 0.717) is 13.2 Å². The molecule has 2 N–H and O–H groups in total. The number of halogens is 1. The van der Waals surface area contributed by atoms with E-state index in [9.17, 15) is 0 Å². The zero-order valence-electron chi connectivity index (χ0n) is 15.5. The van der Waals surface area contributed by atoms with E-state index < -0.39 is 0 Å². The first-order valence-electron chi connectivity index (χ1n) is 8.74. The molecule has 26 heavy (non-hydrogen) atoms. The van der Waals surface area contributed by atoms with Gasteiger partial charge >= 0.3 is 0 Å². The Bertz CT molecular complexity index is 728. The number of aromatic amines is 1. The van der Waals surface area contributed by atoms with Gasteiger partial charge in [-0.25, -0.2) is 4.99 Å². The van der Waals surface area contributed by atoms with Crippen molar-refractivity contribution in [2.24, 2.45) is 4.99 Å². The molecular weight excluding hydrogens is 394 g/mol. The van der Waals surface area contributed by atoms with E-state index in [2.05, 4.69) is 45.0 Å². The zero-order valence-corrected chi connectivity index (χ0v) is 17.0. The maximum atomic E-state index is 7.11. The third kappa shape index (κ3) is 5.90. The molecule has 0 aliphatic rings. The van der Waals surface area contributed by atoms with Gasteiger partial charge in [-0.3, -0.25) is 5.41 Å². The van der Waals surface area contributed by atoms with Gasteiger partial charge in [-0.05, 0) is 47.8 Å². The topological polar surface area (TPSA) is 70.5 Å². The average molecular weight is 420 g/mol. The molecule has 2 unspecified atom stereocenters. The summed E-state index contributed by atoms with van der Waals surface area (Å²) in [5, 5.41) is 7.11. The van der Waals surface area contributed by atoms with Crippen LogP contribution in [-0.2, 0) is 16.1 Å². The lowest BCUT2D eigenvalue weighted by Gasteiger charge is -2.21. The number of benzene rings is 1. The Balaban J connectivity index is 1.92. The molecule has 1 aromatic heterocycles. The second-order valence-electron chi connectivity index (χ2n) is 6.10. The van der Waals surface area contributed by atoms with Crippen LogP contribution in [0, 0.1) is 5.41 Å². The molecule has 0 aliphatic carbocycles. The zero-order chi connectivity index (χ0) is 18.9. The Morgan fingerprint density at radius 3 is 2.73 bits per heavy atom. The first-order valence-corrected chi connectivity index (χ1v) is 9.53.